The highest BCUT2D eigenvalue weighted by Gasteiger charge is 2.33. The van der Waals surface area contributed by atoms with Gasteiger partial charge in [-0.05, 0) is 30.3 Å². The van der Waals surface area contributed by atoms with E-state index in [1.54, 1.807) is 6.07 Å². The van der Waals surface area contributed by atoms with Gasteiger partial charge in [-0.2, -0.15) is 13.2 Å². The van der Waals surface area contributed by atoms with Crippen molar-refractivity contribution < 1.29 is 18.0 Å². The Balaban J connectivity index is 1.57. The number of nitrogens with zero attached hydrogens (tertiary/aromatic N) is 2. The number of carbonyl (C=O) groups excluding carboxylic acids is 1. The Hall–Kier alpha value is -4.52. The van der Waals surface area contributed by atoms with Crippen LogP contribution < -0.4 is 5.32 Å². The van der Waals surface area contributed by atoms with Crippen LogP contribution in [0.15, 0.2) is 103 Å². The number of para-hydroxylation sites is 1. The number of hydrogen-bond acceptors (Lipinski definition) is 3. The summed E-state index contributed by atoms with van der Waals surface area (Å²) in [4.78, 5) is 22.5. The number of amides is 1. The van der Waals surface area contributed by atoms with Crippen LogP contribution in [0.3, 0.4) is 0 Å². The highest BCUT2D eigenvalue weighted by atomic mass is 19.4. The molecule has 0 saturated heterocycles. The smallest absolute Gasteiger partial charge is 0.321 e. The van der Waals surface area contributed by atoms with Gasteiger partial charge in [0.1, 0.15) is 0 Å². The fourth-order valence-electron chi connectivity index (χ4n) is 3.82. The topological polar surface area (TPSA) is 54.9 Å². The van der Waals surface area contributed by atoms with E-state index in [9.17, 15) is 18.0 Å². The van der Waals surface area contributed by atoms with Crippen LogP contribution in [0.1, 0.15) is 15.9 Å². The van der Waals surface area contributed by atoms with Gasteiger partial charge in [0.25, 0.3) is 5.91 Å². The second-order valence-corrected chi connectivity index (χ2v) is 7.85. The molecule has 5 rings (SSSR count). The number of alkyl halides is 3. The molecule has 1 heterocycles. The molecule has 0 unspecified atom stereocenters. The van der Waals surface area contributed by atoms with Crippen LogP contribution in [0.25, 0.3) is 33.5 Å². The Bertz CT molecular complexity index is 1520. The normalized spacial score (nSPS) is 11.4. The lowest BCUT2D eigenvalue weighted by Gasteiger charge is -2.14. The number of rotatable bonds is 4. The van der Waals surface area contributed by atoms with Crippen LogP contribution in [0.5, 0.6) is 0 Å². The van der Waals surface area contributed by atoms with Gasteiger partial charge in [0.05, 0.1) is 33.7 Å². The van der Waals surface area contributed by atoms with Crippen molar-refractivity contribution in [2.45, 2.75) is 6.18 Å². The van der Waals surface area contributed by atoms with Gasteiger partial charge in [-0.25, -0.2) is 9.97 Å². The monoisotopic (exact) mass is 469 g/mol. The molecule has 0 radical (unpaired) electrons. The summed E-state index contributed by atoms with van der Waals surface area (Å²) in [6.45, 7) is 0. The first-order valence-electron chi connectivity index (χ1n) is 10.8. The van der Waals surface area contributed by atoms with E-state index >= 15 is 0 Å². The molecule has 172 valence electrons. The number of nitrogens with one attached hydrogen (secondary N) is 1. The molecule has 5 aromatic rings. The molecule has 7 heteroatoms. The maximum absolute atomic E-state index is 13.3. The number of anilines is 1. The van der Waals surface area contributed by atoms with Gasteiger partial charge in [-0.15, -0.1) is 0 Å². The SMILES string of the molecule is O=C(Nc1ccccc1C(F)(F)F)c1ccc2nc(-c3ccccc3)c(-c3ccccc3)nc2c1. The summed E-state index contributed by atoms with van der Waals surface area (Å²) in [5.41, 5.74) is 3.07. The first-order valence-corrected chi connectivity index (χ1v) is 10.8. The van der Waals surface area contributed by atoms with Crippen LogP contribution >= 0.6 is 0 Å². The number of hydrogen-bond donors (Lipinski definition) is 1. The maximum Gasteiger partial charge on any atom is 0.418 e. The van der Waals surface area contributed by atoms with E-state index in [4.69, 9.17) is 9.97 Å². The summed E-state index contributed by atoms with van der Waals surface area (Å²) in [7, 11) is 0. The third-order valence-corrected chi connectivity index (χ3v) is 5.50. The van der Waals surface area contributed by atoms with E-state index in [2.05, 4.69) is 5.32 Å². The predicted molar refractivity (Wildman–Crippen MR) is 130 cm³/mol. The molecule has 4 aromatic carbocycles. The summed E-state index contributed by atoms with van der Waals surface area (Å²) >= 11 is 0. The Kier molecular flexibility index (Phi) is 5.74. The van der Waals surface area contributed by atoms with Crippen LogP contribution in [0, 0.1) is 0 Å². The summed E-state index contributed by atoms with van der Waals surface area (Å²) in [5, 5.41) is 2.37. The highest BCUT2D eigenvalue weighted by Crippen LogP contribution is 2.35. The minimum Gasteiger partial charge on any atom is -0.321 e. The molecule has 0 aliphatic carbocycles. The number of fused-ring (bicyclic) bond motifs is 1. The number of benzene rings is 4. The molecule has 0 fully saturated rings. The number of aromatic nitrogens is 2. The summed E-state index contributed by atoms with van der Waals surface area (Å²) in [5.74, 6) is -0.668. The first-order chi connectivity index (χ1) is 16.9. The molecule has 1 amide bonds. The minimum absolute atomic E-state index is 0.176. The van der Waals surface area contributed by atoms with Gasteiger partial charge in [0.15, 0.2) is 0 Å². The Morgan fingerprint density at radius 3 is 1.80 bits per heavy atom. The molecule has 35 heavy (non-hydrogen) atoms. The second-order valence-electron chi connectivity index (χ2n) is 7.85. The van der Waals surface area contributed by atoms with E-state index in [1.807, 2.05) is 60.7 Å². The largest absolute Gasteiger partial charge is 0.418 e. The number of halogens is 3. The van der Waals surface area contributed by atoms with Crippen LogP contribution in [-0.2, 0) is 6.18 Å². The fourth-order valence-corrected chi connectivity index (χ4v) is 3.82. The first kappa shape index (κ1) is 22.3. The molecule has 0 atom stereocenters. The van der Waals surface area contributed by atoms with Crippen molar-refractivity contribution in [2.75, 3.05) is 5.32 Å². The van der Waals surface area contributed by atoms with E-state index < -0.39 is 17.6 Å². The van der Waals surface area contributed by atoms with E-state index in [0.717, 1.165) is 17.2 Å². The molecular formula is C28H18F3N3O. The molecule has 1 aromatic heterocycles. The molecule has 0 spiro atoms. The van der Waals surface area contributed by atoms with E-state index in [-0.39, 0.29) is 11.3 Å². The lowest BCUT2D eigenvalue weighted by Crippen LogP contribution is -2.16. The highest BCUT2D eigenvalue weighted by molar-refractivity contribution is 6.06. The van der Waals surface area contributed by atoms with Crippen molar-refractivity contribution in [3.63, 3.8) is 0 Å². The summed E-state index contributed by atoms with van der Waals surface area (Å²) < 4.78 is 40.0. The van der Waals surface area contributed by atoms with Crippen molar-refractivity contribution in [3.8, 4) is 22.5 Å². The Morgan fingerprint density at radius 2 is 1.20 bits per heavy atom. The van der Waals surface area contributed by atoms with Crippen LogP contribution in [0.4, 0.5) is 18.9 Å². The summed E-state index contributed by atoms with van der Waals surface area (Å²) in [6, 6.07) is 28.8. The zero-order valence-electron chi connectivity index (χ0n) is 18.3. The summed E-state index contributed by atoms with van der Waals surface area (Å²) in [6.07, 6.45) is -4.59. The predicted octanol–water partition coefficient (Wildman–Crippen LogP) is 7.23. The average molecular weight is 469 g/mol. The van der Waals surface area contributed by atoms with Crippen molar-refractivity contribution in [1.82, 2.24) is 9.97 Å². The molecule has 0 aliphatic rings. The molecule has 4 nitrogen and oxygen atoms in total. The Labute approximate surface area is 199 Å². The van der Waals surface area contributed by atoms with Gasteiger partial charge >= 0.3 is 6.18 Å². The fraction of sp³-hybridized carbons (Fsp3) is 0.0357. The van der Waals surface area contributed by atoms with Crippen molar-refractivity contribution in [3.05, 3.63) is 114 Å². The van der Waals surface area contributed by atoms with Gasteiger partial charge < -0.3 is 5.32 Å². The maximum atomic E-state index is 13.3. The Morgan fingerprint density at radius 1 is 0.657 bits per heavy atom. The third kappa shape index (κ3) is 4.61. The zero-order valence-corrected chi connectivity index (χ0v) is 18.3. The average Bonchev–Trinajstić information content (AvgIpc) is 2.88. The van der Waals surface area contributed by atoms with Gasteiger partial charge in [-0.1, -0.05) is 72.8 Å². The van der Waals surface area contributed by atoms with Gasteiger partial charge in [0.2, 0.25) is 0 Å². The molecule has 1 N–H and O–H groups in total. The quantitative estimate of drug-likeness (QED) is 0.302. The van der Waals surface area contributed by atoms with Gasteiger partial charge in [-0.3, -0.25) is 4.79 Å². The van der Waals surface area contributed by atoms with Crippen molar-refractivity contribution in [1.29, 1.82) is 0 Å². The van der Waals surface area contributed by atoms with Crippen molar-refractivity contribution in [2.24, 2.45) is 0 Å². The third-order valence-electron chi connectivity index (χ3n) is 5.50. The molecule has 0 bridgehead atoms. The lowest BCUT2D eigenvalue weighted by atomic mass is 10.0. The standard InChI is InChI=1S/C28H18F3N3O/c29-28(30,31)21-13-7-8-14-22(21)34-27(35)20-15-16-23-24(17-20)33-26(19-11-5-2-6-12-19)25(32-23)18-9-3-1-4-10-18/h1-17H,(H,34,35). The van der Waals surface area contributed by atoms with Crippen LogP contribution in [0.2, 0.25) is 0 Å². The minimum atomic E-state index is -4.59. The van der Waals surface area contributed by atoms with E-state index in [1.165, 1.54) is 30.3 Å². The zero-order chi connectivity index (χ0) is 24.4. The van der Waals surface area contributed by atoms with Gasteiger partial charge in [0, 0.05) is 16.7 Å². The van der Waals surface area contributed by atoms with Crippen LogP contribution in [-0.4, -0.2) is 15.9 Å². The lowest BCUT2D eigenvalue weighted by molar-refractivity contribution is -0.136. The molecule has 0 aliphatic heterocycles. The second kappa shape index (κ2) is 9.02. The van der Waals surface area contributed by atoms with Crippen molar-refractivity contribution >= 4 is 22.6 Å². The van der Waals surface area contributed by atoms with E-state index in [0.29, 0.717) is 22.4 Å². The molecular weight excluding hydrogens is 451 g/mol. The molecule has 0 saturated carbocycles. The number of carbonyl (C=O) groups is 1.